The first-order chi connectivity index (χ1) is 9.94. The lowest BCUT2D eigenvalue weighted by Crippen LogP contribution is -2.35. The van der Waals surface area contributed by atoms with E-state index in [1.165, 1.54) is 0 Å². The highest BCUT2D eigenvalue weighted by atomic mass is 32.2. The number of hydrogen-bond donors (Lipinski definition) is 0. The molecule has 1 aliphatic heterocycles. The van der Waals surface area contributed by atoms with Crippen LogP contribution in [-0.2, 0) is 10.5 Å². The van der Waals surface area contributed by atoms with Crippen LogP contribution in [0.4, 0.5) is 4.79 Å². The van der Waals surface area contributed by atoms with E-state index in [4.69, 9.17) is 4.74 Å². The third-order valence-electron chi connectivity index (χ3n) is 3.27. The van der Waals surface area contributed by atoms with Crippen molar-refractivity contribution in [3.63, 3.8) is 0 Å². The van der Waals surface area contributed by atoms with Crippen LogP contribution >= 0.6 is 11.8 Å². The van der Waals surface area contributed by atoms with E-state index in [2.05, 4.69) is 11.1 Å². The molecule has 1 amide bonds. The number of thioether (sulfide) groups is 1. The van der Waals surface area contributed by atoms with Crippen molar-refractivity contribution >= 4 is 17.9 Å². The van der Waals surface area contributed by atoms with E-state index in [-0.39, 0.29) is 6.09 Å². The molecule has 4 nitrogen and oxygen atoms in total. The average Bonchev–Trinajstić information content (AvgIpc) is 2.87. The second-order valence-corrected chi connectivity index (χ2v) is 7.45. The van der Waals surface area contributed by atoms with Crippen LogP contribution in [0.1, 0.15) is 32.9 Å². The van der Waals surface area contributed by atoms with Gasteiger partial charge in [-0.15, -0.1) is 0 Å². The third kappa shape index (κ3) is 5.58. The fraction of sp³-hybridized carbons (Fsp3) is 0.625. The second-order valence-electron chi connectivity index (χ2n) is 6.42. The lowest BCUT2D eigenvalue weighted by atomic mass is 10.2. The molecule has 116 valence electrons. The maximum Gasteiger partial charge on any atom is 0.410 e. The van der Waals surface area contributed by atoms with Crippen molar-refractivity contribution in [1.29, 1.82) is 0 Å². The molecule has 0 radical (unpaired) electrons. The summed E-state index contributed by atoms with van der Waals surface area (Å²) in [6.45, 7) is 7.33. The lowest BCUT2D eigenvalue weighted by molar-refractivity contribution is 0.0289. The summed E-state index contributed by atoms with van der Waals surface area (Å²) in [5.74, 6) is 2.56. The molecule has 0 spiro atoms. The van der Waals surface area contributed by atoms with E-state index >= 15 is 0 Å². The van der Waals surface area contributed by atoms with Crippen molar-refractivity contribution in [3.05, 3.63) is 30.1 Å². The number of amides is 1. The molecule has 2 rings (SSSR count). The van der Waals surface area contributed by atoms with Crippen LogP contribution < -0.4 is 0 Å². The number of aromatic nitrogens is 1. The van der Waals surface area contributed by atoms with E-state index in [1.807, 2.05) is 55.8 Å². The molecule has 0 aromatic carbocycles. The molecule has 5 heteroatoms. The monoisotopic (exact) mass is 308 g/mol. The molecular weight excluding hydrogens is 284 g/mol. The molecule has 0 saturated carbocycles. The quantitative estimate of drug-likeness (QED) is 0.853. The highest BCUT2D eigenvalue weighted by molar-refractivity contribution is 7.98. The Morgan fingerprint density at radius 1 is 1.48 bits per heavy atom. The average molecular weight is 308 g/mol. The maximum atomic E-state index is 12.0. The summed E-state index contributed by atoms with van der Waals surface area (Å²) in [6, 6.07) is 6.00. The zero-order valence-corrected chi connectivity index (χ0v) is 13.9. The third-order valence-corrected chi connectivity index (χ3v) is 4.47. The van der Waals surface area contributed by atoms with E-state index in [1.54, 1.807) is 0 Å². The minimum Gasteiger partial charge on any atom is -0.444 e. The van der Waals surface area contributed by atoms with Crippen LogP contribution in [0, 0.1) is 5.92 Å². The van der Waals surface area contributed by atoms with E-state index in [0.717, 1.165) is 36.7 Å². The Balaban J connectivity index is 1.69. The van der Waals surface area contributed by atoms with Gasteiger partial charge in [-0.3, -0.25) is 4.98 Å². The molecule has 2 heterocycles. The first-order valence-corrected chi connectivity index (χ1v) is 8.55. The molecule has 1 saturated heterocycles. The number of pyridine rings is 1. The van der Waals surface area contributed by atoms with Gasteiger partial charge in [0, 0.05) is 25.0 Å². The van der Waals surface area contributed by atoms with Crippen LogP contribution in [0.2, 0.25) is 0 Å². The molecule has 1 fully saturated rings. The fourth-order valence-corrected chi connectivity index (χ4v) is 3.38. The molecule has 21 heavy (non-hydrogen) atoms. The summed E-state index contributed by atoms with van der Waals surface area (Å²) in [6.07, 6.45) is 2.71. The second kappa shape index (κ2) is 7.16. The van der Waals surface area contributed by atoms with Gasteiger partial charge in [0.15, 0.2) is 0 Å². The lowest BCUT2D eigenvalue weighted by Gasteiger charge is -2.24. The first-order valence-electron chi connectivity index (χ1n) is 7.39. The number of rotatable bonds is 4. The summed E-state index contributed by atoms with van der Waals surface area (Å²) in [4.78, 5) is 18.1. The molecule has 0 aliphatic carbocycles. The van der Waals surface area contributed by atoms with Gasteiger partial charge in [0.25, 0.3) is 0 Å². The minimum absolute atomic E-state index is 0.181. The predicted molar refractivity (Wildman–Crippen MR) is 86.3 cm³/mol. The molecule has 1 aliphatic rings. The maximum absolute atomic E-state index is 12.0. The number of carbonyl (C=O) groups is 1. The number of nitrogens with zero attached hydrogens (tertiary/aromatic N) is 2. The first kappa shape index (κ1) is 16.1. The predicted octanol–water partition coefficient (Wildman–Crippen LogP) is 3.57. The Morgan fingerprint density at radius 3 is 2.95 bits per heavy atom. The summed E-state index contributed by atoms with van der Waals surface area (Å²) >= 11 is 1.89. The highest BCUT2D eigenvalue weighted by Crippen LogP contribution is 2.24. The summed E-state index contributed by atoms with van der Waals surface area (Å²) in [5.41, 5.74) is 0.701. The van der Waals surface area contributed by atoms with Crippen LogP contribution in [0.5, 0.6) is 0 Å². The van der Waals surface area contributed by atoms with E-state index < -0.39 is 5.60 Å². The van der Waals surface area contributed by atoms with Gasteiger partial charge in [-0.2, -0.15) is 11.8 Å². The number of hydrogen-bond acceptors (Lipinski definition) is 4. The molecule has 1 atom stereocenters. The normalized spacial score (nSPS) is 18.8. The zero-order chi connectivity index (χ0) is 15.3. The molecular formula is C16H24N2O2S. The van der Waals surface area contributed by atoms with Gasteiger partial charge >= 0.3 is 6.09 Å². The zero-order valence-electron chi connectivity index (χ0n) is 13.0. The molecule has 1 aromatic heterocycles. The van der Waals surface area contributed by atoms with E-state index in [9.17, 15) is 4.79 Å². The highest BCUT2D eigenvalue weighted by Gasteiger charge is 2.29. The van der Waals surface area contributed by atoms with Gasteiger partial charge in [-0.25, -0.2) is 4.79 Å². The molecule has 0 unspecified atom stereocenters. The summed E-state index contributed by atoms with van der Waals surface area (Å²) < 4.78 is 5.41. The number of ether oxygens (including phenoxy) is 1. The Labute approximate surface area is 131 Å². The molecule has 0 N–H and O–H groups in total. The van der Waals surface area contributed by atoms with Crippen molar-refractivity contribution in [3.8, 4) is 0 Å². The van der Waals surface area contributed by atoms with Gasteiger partial charge in [0.1, 0.15) is 5.60 Å². The Kier molecular flexibility index (Phi) is 5.51. The van der Waals surface area contributed by atoms with Crippen LogP contribution in [0.3, 0.4) is 0 Å². The molecule has 0 bridgehead atoms. The van der Waals surface area contributed by atoms with Gasteiger partial charge in [-0.1, -0.05) is 6.07 Å². The van der Waals surface area contributed by atoms with Gasteiger partial charge < -0.3 is 9.64 Å². The van der Waals surface area contributed by atoms with Gasteiger partial charge in [-0.05, 0) is 51.0 Å². The standard InChI is InChI=1S/C16H24N2O2S/c1-16(2,3)20-15(19)18-9-7-13(10-18)11-21-12-14-6-4-5-8-17-14/h4-6,8,13H,7,9-12H2,1-3H3/t13-/m0/s1. The smallest absolute Gasteiger partial charge is 0.410 e. The Bertz CT molecular complexity index is 459. The largest absolute Gasteiger partial charge is 0.444 e. The SMILES string of the molecule is CC(C)(C)OC(=O)N1CC[C@H](CSCc2ccccn2)C1. The van der Waals surface area contributed by atoms with Crippen molar-refractivity contribution in [2.45, 2.75) is 38.5 Å². The number of carbonyl (C=O) groups excluding carboxylic acids is 1. The van der Waals surface area contributed by atoms with Crippen molar-refractivity contribution < 1.29 is 9.53 Å². The van der Waals surface area contributed by atoms with E-state index in [0.29, 0.717) is 5.92 Å². The summed E-state index contributed by atoms with van der Waals surface area (Å²) in [5, 5.41) is 0. The van der Waals surface area contributed by atoms with Crippen molar-refractivity contribution in [2.75, 3.05) is 18.8 Å². The Hall–Kier alpha value is -1.23. The van der Waals surface area contributed by atoms with Crippen molar-refractivity contribution in [2.24, 2.45) is 5.92 Å². The van der Waals surface area contributed by atoms with Crippen LogP contribution in [-0.4, -0.2) is 40.4 Å². The fourth-order valence-electron chi connectivity index (χ4n) is 2.27. The van der Waals surface area contributed by atoms with Gasteiger partial charge in [0.05, 0.1) is 5.69 Å². The van der Waals surface area contributed by atoms with Gasteiger partial charge in [0.2, 0.25) is 0 Å². The minimum atomic E-state index is -0.414. The summed E-state index contributed by atoms with van der Waals surface area (Å²) in [7, 11) is 0. The van der Waals surface area contributed by atoms with Crippen LogP contribution in [0.25, 0.3) is 0 Å². The van der Waals surface area contributed by atoms with Crippen LogP contribution in [0.15, 0.2) is 24.4 Å². The molecule has 1 aromatic rings. The topological polar surface area (TPSA) is 42.4 Å². The number of likely N-dealkylation sites (tertiary alicyclic amines) is 1. The Morgan fingerprint density at radius 2 is 2.29 bits per heavy atom. The van der Waals surface area contributed by atoms with Crippen molar-refractivity contribution in [1.82, 2.24) is 9.88 Å².